The fraction of sp³-hybridized carbons (Fsp3) is 0.429. The van der Waals surface area contributed by atoms with Crippen LogP contribution in [0.4, 0.5) is 0 Å². The Morgan fingerprint density at radius 3 is 2.80 bits per heavy atom. The Morgan fingerprint density at radius 2 is 2.00 bits per heavy atom. The molecule has 15 heavy (non-hydrogen) atoms. The molecule has 2 rings (SSSR count). The first-order chi connectivity index (χ1) is 7.40. The third-order valence-corrected chi connectivity index (χ3v) is 2.91. The molecule has 1 nitrogen and oxygen atoms in total. The van der Waals surface area contributed by atoms with Crippen LogP contribution in [0.5, 0.6) is 5.75 Å². The predicted molar refractivity (Wildman–Crippen MR) is 63.4 cm³/mol. The summed E-state index contributed by atoms with van der Waals surface area (Å²) < 4.78 is 5.64. The number of aryl methyl sites for hydroxylation is 2. The molecule has 0 amide bonds. The standard InChI is InChI=1S/C14H18O/c1-2-3-10-15-14-9-8-12-6-4-5-7-13(12)11-14/h2,8-9,11H,1,3-7,10H2. The lowest BCUT2D eigenvalue weighted by molar-refractivity contribution is 0.324. The van der Waals surface area contributed by atoms with Crippen LogP contribution in [-0.4, -0.2) is 6.61 Å². The minimum atomic E-state index is 0.738. The van der Waals surface area contributed by atoms with Gasteiger partial charge in [0.15, 0.2) is 0 Å². The largest absolute Gasteiger partial charge is 0.493 e. The van der Waals surface area contributed by atoms with Gasteiger partial charge in [-0.05, 0) is 55.4 Å². The van der Waals surface area contributed by atoms with Crippen LogP contribution in [-0.2, 0) is 12.8 Å². The van der Waals surface area contributed by atoms with Gasteiger partial charge in [-0.25, -0.2) is 0 Å². The number of benzene rings is 1. The maximum absolute atomic E-state index is 5.64. The van der Waals surface area contributed by atoms with Crippen LogP contribution in [0.15, 0.2) is 30.9 Å². The lowest BCUT2D eigenvalue weighted by Crippen LogP contribution is -2.03. The van der Waals surface area contributed by atoms with Gasteiger partial charge in [0.2, 0.25) is 0 Å². The molecule has 0 heterocycles. The summed E-state index contributed by atoms with van der Waals surface area (Å²) in [7, 11) is 0. The molecule has 1 aromatic carbocycles. The van der Waals surface area contributed by atoms with E-state index in [-0.39, 0.29) is 0 Å². The van der Waals surface area contributed by atoms with Crippen LogP contribution in [0.2, 0.25) is 0 Å². The van der Waals surface area contributed by atoms with Gasteiger partial charge in [0.05, 0.1) is 6.61 Å². The van der Waals surface area contributed by atoms with Gasteiger partial charge >= 0.3 is 0 Å². The Bertz CT molecular complexity index is 341. The van der Waals surface area contributed by atoms with Crippen LogP contribution >= 0.6 is 0 Å². The molecule has 0 radical (unpaired) electrons. The molecule has 1 aliphatic rings. The Morgan fingerprint density at radius 1 is 1.20 bits per heavy atom. The van der Waals surface area contributed by atoms with Crippen LogP contribution in [0.3, 0.4) is 0 Å². The molecule has 0 atom stereocenters. The van der Waals surface area contributed by atoms with E-state index in [1.54, 1.807) is 0 Å². The molecule has 80 valence electrons. The van der Waals surface area contributed by atoms with E-state index in [2.05, 4.69) is 24.8 Å². The number of hydrogen-bond donors (Lipinski definition) is 0. The first-order valence-corrected chi connectivity index (χ1v) is 5.75. The highest BCUT2D eigenvalue weighted by atomic mass is 16.5. The summed E-state index contributed by atoms with van der Waals surface area (Å²) in [4.78, 5) is 0. The van der Waals surface area contributed by atoms with Crippen molar-refractivity contribution in [3.63, 3.8) is 0 Å². The molecule has 0 aromatic heterocycles. The summed E-state index contributed by atoms with van der Waals surface area (Å²) in [5.41, 5.74) is 3.00. The van der Waals surface area contributed by atoms with E-state index >= 15 is 0 Å². The third-order valence-electron chi connectivity index (χ3n) is 2.91. The van der Waals surface area contributed by atoms with Crippen LogP contribution < -0.4 is 4.74 Å². The number of rotatable bonds is 4. The lowest BCUT2D eigenvalue weighted by atomic mass is 9.92. The minimum Gasteiger partial charge on any atom is -0.493 e. The summed E-state index contributed by atoms with van der Waals surface area (Å²) in [5.74, 6) is 1.01. The monoisotopic (exact) mass is 202 g/mol. The predicted octanol–water partition coefficient (Wildman–Crippen LogP) is 3.52. The molecule has 0 saturated carbocycles. The van der Waals surface area contributed by atoms with Crippen molar-refractivity contribution in [2.45, 2.75) is 32.1 Å². The van der Waals surface area contributed by atoms with Crippen molar-refractivity contribution < 1.29 is 4.74 Å². The van der Waals surface area contributed by atoms with E-state index in [4.69, 9.17) is 4.74 Å². The third kappa shape index (κ3) is 2.62. The highest BCUT2D eigenvalue weighted by Gasteiger charge is 2.09. The molecule has 1 aromatic rings. The van der Waals surface area contributed by atoms with E-state index in [9.17, 15) is 0 Å². The van der Waals surface area contributed by atoms with E-state index in [1.807, 2.05) is 6.08 Å². The van der Waals surface area contributed by atoms with Crippen molar-refractivity contribution in [2.75, 3.05) is 6.61 Å². The molecule has 0 aliphatic heterocycles. The first-order valence-electron chi connectivity index (χ1n) is 5.75. The molecule has 1 heteroatoms. The van der Waals surface area contributed by atoms with E-state index in [0.29, 0.717) is 0 Å². The Hall–Kier alpha value is -1.24. The van der Waals surface area contributed by atoms with Crippen LogP contribution in [0.25, 0.3) is 0 Å². The molecule has 0 bridgehead atoms. The molecule has 0 unspecified atom stereocenters. The summed E-state index contributed by atoms with van der Waals surface area (Å²) in [6.07, 6.45) is 7.92. The van der Waals surface area contributed by atoms with Crippen molar-refractivity contribution in [3.05, 3.63) is 42.0 Å². The maximum atomic E-state index is 5.64. The molecule has 0 N–H and O–H groups in total. The molecule has 1 aliphatic carbocycles. The maximum Gasteiger partial charge on any atom is 0.119 e. The molecule has 0 fully saturated rings. The zero-order valence-corrected chi connectivity index (χ0v) is 9.17. The normalized spacial score (nSPS) is 14.4. The Kier molecular flexibility index (Phi) is 3.44. The summed E-state index contributed by atoms with van der Waals surface area (Å²) >= 11 is 0. The smallest absolute Gasteiger partial charge is 0.119 e. The van der Waals surface area contributed by atoms with E-state index < -0.39 is 0 Å². The van der Waals surface area contributed by atoms with Gasteiger partial charge in [0, 0.05) is 0 Å². The van der Waals surface area contributed by atoms with Gasteiger partial charge in [0.25, 0.3) is 0 Å². The second-order valence-corrected chi connectivity index (χ2v) is 4.06. The second kappa shape index (κ2) is 5.01. The number of ether oxygens (including phenoxy) is 1. The van der Waals surface area contributed by atoms with Crippen molar-refractivity contribution in [1.29, 1.82) is 0 Å². The van der Waals surface area contributed by atoms with Crippen molar-refractivity contribution in [3.8, 4) is 5.75 Å². The van der Waals surface area contributed by atoms with Crippen LogP contribution in [0.1, 0.15) is 30.4 Å². The van der Waals surface area contributed by atoms with Gasteiger partial charge in [-0.1, -0.05) is 12.1 Å². The molecule has 0 spiro atoms. The van der Waals surface area contributed by atoms with E-state index in [1.165, 1.54) is 36.8 Å². The molecular weight excluding hydrogens is 184 g/mol. The van der Waals surface area contributed by atoms with Gasteiger partial charge in [-0.3, -0.25) is 0 Å². The fourth-order valence-corrected chi connectivity index (χ4v) is 2.06. The fourth-order valence-electron chi connectivity index (χ4n) is 2.06. The SMILES string of the molecule is C=CCCOc1ccc2c(c1)CCCC2. The quantitative estimate of drug-likeness (QED) is 0.536. The highest BCUT2D eigenvalue weighted by Crippen LogP contribution is 2.25. The van der Waals surface area contributed by atoms with Gasteiger partial charge in [-0.2, -0.15) is 0 Å². The number of hydrogen-bond acceptors (Lipinski definition) is 1. The second-order valence-electron chi connectivity index (χ2n) is 4.06. The Labute approximate surface area is 91.8 Å². The molecular formula is C14H18O. The summed E-state index contributed by atoms with van der Waals surface area (Å²) in [6, 6.07) is 6.52. The lowest BCUT2D eigenvalue weighted by Gasteiger charge is -2.16. The van der Waals surface area contributed by atoms with Gasteiger partial charge < -0.3 is 4.74 Å². The van der Waals surface area contributed by atoms with Crippen molar-refractivity contribution in [1.82, 2.24) is 0 Å². The Balaban J connectivity index is 2.03. The average Bonchev–Trinajstić information content (AvgIpc) is 2.29. The van der Waals surface area contributed by atoms with Gasteiger partial charge in [-0.15, -0.1) is 6.58 Å². The molecule has 0 saturated heterocycles. The van der Waals surface area contributed by atoms with E-state index in [0.717, 1.165) is 18.8 Å². The zero-order chi connectivity index (χ0) is 10.5. The minimum absolute atomic E-state index is 0.738. The summed E-state index contributed by atoms with van der Waals surface area (Å²) in [5, 5.41) is 0. The topological polar surface area (TPSA) is 9.23 Å². The van der Waals surface area contributed by atoms with Gasteiger partial charge in [0.1, 0.15) is 5.75 Å². The highest BCUT2D eigenvalue weighted by molar-refractivity contribution is 5.37. The van der Waals surface area contributed by atoms with Crippen molar-refractivity contribution in [2.24, 2.45) is 0 Å². The average molecular weight is 202 g/mol. The first kappa shape index (κ1) is 10.3. The summed E-state index contributed by atoms with van der Waals surface area (Å²) in [6.45, 7) is 4.42. The number of fused-ring (bicyclic) bond motifs is 1. The zero-order valence-electron chi connectivity index (χ0n) is 9.17. The van der Waals surface area contributed by atoms with Crippen molar-refractivity contribution >= 4 is 0 Å². The van der Waals surface area contributed by atoms with Crippen LogP contribution in [0, 0.1) is 0 Å².